The molecule has 1 fully saturated rings. The summed E-state index contributed by atoms with van der Waals surface area (Å²) in [5.74, 6) is 0.573. The predicted molar refractivity (Wildman–Crippen MR) is 78.6 cm³/mol. The fourth-order valence-corrected chi connectivity index (χ4v) is 3.28. The molecule has 2 rings (SSSR count). The number of hydrogen-bond acceptors (Lipinski definition) is 5. The summed E-state index contributed by atoms with van der Waals surface area (Å²) in [6, 6.07) is 3.76. The smallest absolute Gasteiger partial charge is 0.272 e. The third kappa shape index (κ3) is 3.59. The van der Waals surface area contributed by atoms with Crippen molar-refractivity contribution in [3.8, 4) is 0 Å². The lowest BCUT2D eigenvalue weighted by molar-refractivity contribution is 0.0932. The maximum absolute atomic E-state index is 12.1. The maximum Gasteiger partial charge on any atom is 0.272 e. The van der Waals surface area contributed by atoms with E-state index in [4.69, 9.17) is 0 Å². The van der Waals surface area contributed by atoms with Gasteiger partial charge in [0.25, 0.3) is 5.91 Å². The van der Waals surface area contributed by atoms with Crippen LogP contribution in [0.15, 0.2) is 12.1 Å². The third-order valence-corrected chi connectivity index (χ3v) is 4.50. The molecule has 0 spiro atoms. The number of nitrogens with zero attached hydrogens (tertiary/aromatic N) is 2. The monoisotopic (exact) mass is 280 g/mol. The summed E-state index contributed by atoms with van der Waals surface area (Å²) < 4.78 is 0. The van der Waals surface area contributed by atoms with Gasteiger partial charge in [-0.2, -0.15) is 11.8 Å². The van der Waals surface area contributed by atoms with Gasteiger partial charge in [-0.05, 0) is 38.2 Å². The molecule has 19 heavy (non-hydrogen) atoms. The molecule has 104 valence electrons. The van der Waals surface area contributed by atoms with Crippen molar-refractivity contribution in [1.82, 2.24) is 15.5 Å². The van der Waals surface area contributed by atoms with E-state index in [9.17, 15) is 4.79 Å². The quantitative estimate of drug-likeness (QED) is 0.862. The molecule has 1 aromatic heterocycles. The van der Waals surface area contributed by atoms with Crippen molar-refractivity contribution in [3.63, 3.8) is 0 Å². The van der Waals surface area contributed by atoms with Gasteiger partial charge in [-0.25, -0.2) is 0 Å². The van der Waals surface area contributed by atoms with Gasteiger partial charge in [0.15, 0.2) is 5.69 Å². The second-order valence-corrected chi connectivity index (χ2v) is 5.70. The van der Waals surface area contributed by atoms with Crippen LogP contribution in [0.1, 0.15) is 36.7 Å². The van der Waals surface area contributed by atoms with Crippen LogP contribution < -0.4 is 10.6 Å². The minimum atomic E-state index is -0.124. The van der Waals surface area contributed by atoms with Crippen molar-refractivity contribution in [1.29, 1.82) is 0 Å². The summed E-state index contributed by atoms with van der Waals surface area (Å²) in [4.78, 5) is 12.1. The summed E-state index contributed by atoms with van der Waals surface area (Å²) >= 11 is 1.83. The average Bonchev–Trinajstić information content (AvgIpc) is 2.87. The molecule has 0 bridgehead atoms. The number of hydrogen-bond donors (Lipinski definition) is 2. The lowest BCUT2D eigenvalue weighted by atomic mass is 10.2. The molecular weight excluding hydrogens is 260 g/mol. The molecule has 0 aliphatic heterocycles. The van der Waals surface area contributed by atoms with Crippen LogP contribution in [-0.2, 0) is 0 Å². The Labute approximate surface area is 118 Å². The van der Waals surface area contributed by atoms with Gasteiger partial charge in [-0.3, -0.25) is 4.79 Å². The van der Waals surface area contributed by atoms with Crippen molar-refractivity contribution in [2.75, 3.05) is 18.1 Å². The van der Waals surface area contributed by atoms with Gasteiger partial charge in [0, 0.05) is 17.8 Å². The molecular formula is C13H20N4OS. The Balaban J connectivity index is 1.95. The fraction of sp³-hybridized carbons (Fsp3) is 0.615. The van der Waals surface area contributed by atoms with Gasteiger partial charge >= 0.3 is 0 Å². The van der Waals surface area contributed by atoms with E-state index < -0.39 is 0 Å². The normalized spacial score (nSPS) is 22.2. The van der Waals surface area contributed by atoms with E-state index in [-0.39, 0.29) is 11.9 Å². The second-order valence-electron chi connectivity index (χ2n) is 4.62. The molecule has 2 atom stereocenters. The highest BCUT2D eigenvalue weighted by Crippen LogP contribution is 2.28. The molecule has 2 N–H and O–H groups in total. The van der Waals surface area contributed by atoms with E-state index >= 15 is 0 Å². The first-order valence-electron chi connectivity index (χ1n) is 6.66. The number of rotatable bonds is 5. The second kappa shape index (κ2) is 6.75. The summed E-state index contributed by atoms with van der Waals surface area (Å²) in [6.07, 6.45) is 5.51. The van der Waals surface area contributed by atoms with Crippen molar-refractivity contribution in [2.45, 2.75) is 37.5 Å². The number of anilines is 1. The number of amides is 1. The van der Waals surface area contributed by atoms with E-state index in [2.05, 4.69) is 27.1 Å². The van der Waals surface area contributed by atoms with Crippen LogP contribution in [0.25, 0.3) is 0 Å². The Morgan fingerprint density at radius 1 is 1.42 bits per heavy atom. The fourth-order valence-electron chi connectivity index (χ4n) is 2.34. The molecule has 1 saturated carbocycles. The third-order valence-electron chi connectivity index (χ3n) is 3.33. The Hall–Kier alpha value is -1.30. The number of aromatic nitrogens is 2. The molecule has 0 radical (unpaired) electrons. The first-order valence-corrected chi connectivity index (χ1v) is 7.94. The Morgan fingerprint density at radius 3 is 2.89 bits per heavy atom. The molecule has 1 heterocycles. The molecule has 1 aliphatic rings. The zero-order valence-electron chi connectivity index (χ0n) is 11.3. The van der Waals surface area contributed by atoms with Crippen molar-refractivity contribution in [3.05, 3.63) is 17.8 Å². The highest BCUT2D eigenvalue weighted by Gasteiger charge is 2.28. The number of carbonyl (C=O) groups is 1. The molecule has 1 aliphatic carbocycles. The first-order chi connectivity index (χ1) is 9.24. The van der Waals surface area contributed by atoms with E-state index in [1.54, 1.807) is 12.1 Å². The van der Waals surface area contributed by atoms with Crippen molar-refractivity contribution >= 4 is 23.5 Å². The van der Waals surface area contributed by atoms with E-state index in [0.717, 1.165) is 13.0 Å². The van der Waals surface area contributed by atoms with Crippen LogP contribution in [0.4, 0.5) is 5.82 Å². The molecule has 1 aromatic rings. The Morgan fingerprint density at radius 2 is 2.26 bits per heavy atom. The topological polar surface area (TPSA) is 66.9 Å². The SMILES string of the molecule is CCNc1ccc(C(=O)NC2CCCC2SC)nn1. The van der Waals surface area contributed by atoms with E-state index in [0.29, 0.717) is 16.8 Å². The van der Waals surface area contributed by atoms with Gasteiger partial charge in [0.2, 0.25) is 0 Å². The Bertz CT molecular complexity index is 423. The van der Waals surface area contributed by atoms with Gasteiger partial charge in [0.1, 0.15) is 5.82 Å². The lowest BCUT2D eigenvalue weighted by Gasteiger charge is -2.18. The largest absolute Gasteiger partial charge is 0.369 e. The zero-order valence-corrected chi connectivity index (χ0v) is 12.2. The molecule has 1 amide bonds. The number of carbonyl (C=O) groups excluding carboxylic acids is 1. The molecule has 0 saturated heterocycles. The minimum Gasteiger partial charge on any atom is -0.369 e. The molecule has 6 heteroatoms. The van der Waals surface area contributed by atoms with Crippen LogP contribution in [0.2, 0.25) is 0 Å². The number of thioether (sulfide) groups is 1. The number of nitrogens with one attached hydrogen (secondary N) is 2. The standard InChI is InChI=1S/C13H20N4OS/c1-3-14-12-8-7-10(16-17-12)13(18)15-9-5-4-6-11(9)19-2/h7-9,11H,3-6H2,1-2H3,(H,14,17)(H,15,18). The molecule has 5 nitrogen and oxygen atoms in total. The van der Waals surface area contributed by atoms with Crippen LogP contribution >= 0.6 is 11.8 Å². The zero-order chi connectivity index (χ0) is 13.7. The van der Waals surface area contributed by atoms with Gasteiger partial charge < -0.3 is 10.6 Å². The van der Waals surface area contributed by atoms with Gasteiger partial charge in [-0.15, -0.1) is 10.2 Å². The van der Waals surface area contributed by atoms with Crippen LogP contribution in [0, 0.1) is 0 Å². The van der Waals surface area contributed by atoms with Crippen molar-refractivity contribution < 1.29 is 4.79 Å². The summed E-state index contributed by atoms with van der Waals surface area (Å²) in [5, 5.41) is 14.6. The van der Waals surface area contributed by atoms with Crippen molar-refractivity contribution in [2.24, 2.45) is 0 Å². The lowest BCUT2D eigenvalue weighted by Crippen LogP contribution is -2.39. The molecule has 2 unspecified atom stereocenters. The highest BCUT2D eigenvalue weighted by molar-refractivity contribution is 7.99. The summed E-state index contributed by atoms with van der Waals surface area (Å²) in [7, 11) is 0. The van der Waals surface area contributed by atoms with Crippen LogP contribution in [0.5, 0.6) is 0 Å². The first kappa shape index (κ1) is 14.1. The van der Waals surface area contributed by atoms with Gasteiger partial charge in [0.05, 0.1) is 0 Å². The Kier molecular flexibility index (Phi) is 5.01. The van der Waals surface area contributed by atoms with E-state index in [1.807, 2.05) is 18.7 Å². The minimum absolute atomic E-state index is 0.124. The van der Waals surface area contributed by atoms with Crippen LogP contribution in [-0.4, -0.2) is 40.2 Å². The van der Waals surface area contributed by atoms with Gasteiger partial charge in [-0.1, -0.05) is 6.42 Å². The predicted octanol–water partition coefficient (Wildman–Crippen LogP) is 1.92. The molecule has 0 aromatic carbocycles. The summed E-state index contributed by atoms with van der Waals surface area (Å²) in [5.41, 5.74) is 0.383. The highest BCUT2D eigenvalue weighted by atomic mass is 32.2. The average molecular weight is 280 g/mol. The van der Waals surface area contributed by atoms with Crippen LogP contribution in [0.3, 0.4) is 0 Å². The maximum atomic E-state index is 12.1. The van der Waals surface area contributed by atoms with E-state index in [1.165, 1.54) is 12.8 Å². The summed E-state index contributed by atoms with van der Waals surface area (Å²) in [6.45, 7) is 2.78.